The van der Waals surface area contributed by atoms with Crippen LogP contribution in [0.5, 0.6) is 5.75 Å². The normalized spacial score (nSPS) is 14.3. The number of thioether (sulfide) groups is 1. The van der Waals surface area contributed by atoms with Crippen LogP contribution in [-0.2, 0) is 17.9 Å². The summed E-state index contributed by atoms with van der Waals surface area (Å²) in [7, 11) is 0. The quantitative estimate of drug-likeness (QED) is 0.145. The van der Waals surface area contributed by atoms with E-state index in [0.29, 0.717) is 21.8 Å². The Hall–Kier alpha value is -3.69. The van der Waals surface area contributed by atoms with E-state index in [2.05, 4.69) is 28.7 Å². The third kappa shape index (κ3) is 5.70. The monoisotopic (exact) mass is 597 g/mol. The van der Waals surface area contributed by atoms with Crippen molar-refractivity contribution in [2.75, 3.05) is 0 Å². The van der Waals surface area contributed by atoms with Crippen LogP contribution in [0.4, 0.5) is 10.5 Å². The fourth-order valence-electron chi connectivity index (χ4n) is 3.32. The number of amides is 2. The Morgan fingerprint density at radius 1 is 1.11 bits per heavy atom. The number of nitro benzene ring substituents is 1. The van der Waals surface area contributed by atoms with Crippen molar-refractivity contribution < 1.29 is 19.2 Å². The zero-order valence-corrected chi connectivity index (χ0v) is 21.0. The first-order valence-corrected chi connectivity index (χ1v) is 12.1. The second-order valence-corrected chi connectivity index (χ2v) is 9.59. The van der Waals surface area contributed by atoms with Crippen molar-refractivity contribution in [2.45, 2.75) is 13.2 Å². The lowest BCUT2D eigenvalue weighted by Gasteiger charge is -2.13. The van der Waals surface area contributed by atoms with Crippen molar-refractivity contribution in [3.05, 3.63) is 108 Å². The molecule has 10 heteroatoms. The molecule has 1 aliphatic rings. The number of imide groups is 1. The predicted molar refractivity (Wildman–Crippen MR) is 139 cm³/mol. The fraction of sp³-hybridized carbons (Fsp3) is 0.0800. The molecule has 0 bridgehead atoms. The Kier molecular flexibility index (Phi) is 7.48. The van der Waals surface area contributed by atoms with Gasteiger partial charge in [-0.2, -0.15) is 5.26 Å². The zero-order valence-electron chi connectivity index (χ0n) is 18.0. The van der Waals surface area contributed by atoms with Gasteiger partial charge in [0.25, 0.3) is 16.8 Å². The Morgan fingerprint density at radius 2 is 1.86 bits per heavy atom. The lowest BCUT2D eigenvalue weighted by molar-refractivity contribution is -0.384. The average molecular weight is 597 g/mol. The molecule has 0 radical (unpaired) electrons. The topological polar surface area (TPSA) is 114 Å². The first kappa shape index (κ1) is 24.4. The van der Waals surface area contributed by atoms with Crippen molar-refractivity contribution in [3.8, 4) is 11.8 Å². The van der Waals surface area contributed by atoms with Crippen LogP contribution in [-0.4, -0.2) is 21.0 Å². The van der Waals surface area contributed by atoms with Crippen LogP contribution in [0.15, 0.2) is 71.6 Å². The van der Waals surface area contributed by atoms with Crippen LogP contribution in [0.3, 0.4) is 0 Å². The SMILES string of the molecule is N#Cc1ccccc1CN1C(=O)S/C(=C/c2ccc(OCc3ccc([N+](=O)[O-])cc3)c(I)c2)C1=O. The number of carbonyl (C=O) groups is 2. The number of non-ortho nitro benzene ring substituents is 1. The highest BCUT2D eigenvalue weighted by Gasteiger charge is 2.35. The van der Waals surface area contributed by atoms with Crippen LogP contribution in [0, 0.1) is 25.0 Å². The molecule has 4 rings (SSSR count). The molecule has 2 amide bonds. The number of carbonyl (C=O) groups excluding carboxylic acids is 2. The van der Waals surface area contributed by atoms with Crippen LogP contribution < -0.4 is 4.74 Å². The summed E-state index contributed by atoms with van der Waals surface area (Å²) in [5.74, 6) is 0.226. The van der Waals surface area contributed by atoms with Crippen molar-refractivity contribution in [3.63, 3.8) is 0 Å². The van der Waals surface area contributed by atoms with Gasteiger partial charge in [0.2, 0.25) is 0 Å². The second-order valence-electron chi connectivity index (χ2n) is 7.44. The van der Waals surface area contributed by atoms with Gasteiger partial charge in [0.1, 0.15) is 12.4 Å². The number of hydrogen-bond donors (Lipinski definition) is 0. The molecule has 0 saturated carbocycles. The largest absolute Gasteiger partial charge is 0.488 e. The highest BCUT2D eigenvalue weighted by atomic mass is 127. The molecule has 8 nitrogen and oxygen atoms in total. The van der Waals surface area contributed by atoms with Gasteiger partial charge in [-0.25, -0.2) is 0 Å². The molecule has 1 heterocycles. The van der Waals surface area contributed by atoms with Gasteiger partial charge < -0.3 is 4.74 Å². The smallest absolute Gasteiger partial charge is 0.293 e. The zero-order chi connectivity index (χ0) is 24.9. The van der Waals surface area contributed by atoms with Crippen molar-refractivity contribution in [2.24, 2.45) is 0 Å². The lowest BCUT2D eigenvalue weighted by atomic mass is 10.1. The number of nitrogens with zero attached hydrogens (tertiary/aromatic N) is 3. The van der Waals surface area contributed by atoms with Gasteiger partial charge in [0, 0.05) is 12.1 Å². The molecule has 1 fully saturated rings. The molecule has 0 spiro atoms. The van der Waals surface area contributed by atoms with Crippen molar-refractivity contribution >= 4 is 57.3 Å². The van der Waals surface area contributed by atoms with Crippen molar-refractivity contribution in [1.82, 2.24) is 4.90 Å². The van der Waals surface area contributed by atoms with Crippen LogP contribution in [0.25, 0.3) is 6.08 Å². The van der Waals surface area contributed by atoms with Crippen LogP contribution in [0.2, 0.25) is 0 Å². The van der Waals surface area contributed by atoms with Crippen molar-refractivity contribution in [1.29, 1.82) is 5.26 Å². The molecule has 0 N–H and O–H groups in total. The van der Waals surface area contributed by atoms with E-state index in [9.17, 15) is 25.0 Å². The first-order chi connectivity index (χ1) is 16.9. The first-order valence-electron chi connectivity index (χ1n) is 10.2. The standard InChI is InChI=1S/C25H16IN3O5S/c26-21-11-17(7-10-22(21)34-15-16-5-8-20(9-6-16)29(32)33)12-23-24(30)28(25(31)35-23)14-19-4-2-1-3-18(19)13-27/h1-12H,14-15H2/b23-12+. The predicted octanol–water partition coefficient (Wildman–Crippen LogP) is 5.89. The highest BCUT2D eigenvalue weighted by Crippen LogP contribution is 2.34. The van der Waals surface area contributed by atoms with E-state index < -0.39 is 10.8 Å². The average Bonchev–Trinajstić information content (AvgIpc) is 3.11. The summed E-state index contributed by atoms with van der Waals surface area (Å²) in [6, 6.07) is 20.5. The van der Waals surface area contributed by atoms with E-state index in [-0.39, 0.29) is 24.1 Å². The maximum atomic E-state index is 12.9. The number of halogens is 1. The maximum absolute atomic E-state index is 12.9. The molecule has 3 aromatic rings. The summed E-state index contributed by atoms with van der Waals surface area (Å²) in [5, 5.41) is 19.6. The van der Waals surface area contributed by atoms with E-state index in [1.807, 2.05) is 6.07 Å². The van der Waals surface area contributed by atoms with Gasteiger partial charge in [-0.05, 0) is 87.5 Å². The van der Waals surface area contributed by atoms with Gasteiger partial charge >= 0.3 is 0 Å². The molecular formula is C25H16IN3O5S. The summed E-state index contributed by atoms with van der Waals surface area (Å²) < 4.78 is 6.64. The summed E-state index contributed by atoms with van der Waals surface area (Å²) in [6.07, 6.45) is 1.66. The number of nitro groups is 1. The molecule has 35 heavy (non-hydrogen) atoms. The van der Waals surface area contributed by atoms with Gasteiger partial charge in [-0.3, -0.25) is 24.6 Å². The maximum Gasteiger partial charge on any atom is 0.293 e. The minimum Gasteiger partial charge on any atom is -0.488 e. The Bertz CT molecular complexity index is 1400. The number of rotatable bonds is 7. The molecule has 174 valence electrons. The Morgan fingerprint density at radius 3 is 2.54 bits per heavy atom. The van der Waals surface area contributed by atoms with E-state index in [4.69, 9.17) is 4.74 Å². The summed E-state index contributed by atoms with van der Waals surface area (Å²) in [5.41, 5.74) is 2.59. The molecule has 1 aliphatic heterocycles. The minimum atomic E-state index is -0.452. The van der Waals surface area contributed by atoms with E-state index in [1.165, 1.54) is 12.1 Å². The Labute approximate surface area is 218 Å². The molecule has 3 aromatic carbocycles. The Balaban J connectivity index is 1.44. The number of nitriles is 1. The second kappa shape index (κ2) is 10.7. The molecule has 0 aromatic heterocycles. The molecule has 1 saturated heterocycles. The third-order valence-electron chi connectivity index (χ3n) is 5.14. The van der Waals surface area contributed by atoms with Crippen LogP contribution in [0.1, 0.15) is 22.3 Å². The highest BCUT2D eigenvalue weighted by molar-refractivity contribution is 14.1. The van der Waals surface area contributed by atoms with Gasteiger partial charge in [0.05, 0.1) is 31.6 Å². The third-order valence-corrected chi connectivity index (χ3v) is 6.89. The minimum absolute atomic E-state index is 0.0198. The van der Waals surface area contributed by atoms with Gasteiger partial charge in [-0.15, -0.1) is 0 Å². The van der Waals surface area contributed by atoms with E-state index >= 15 is 0 Å². The number of ether oxygens (including phenoxy) is 1. The molecule has 0 aliphatic carbocycles. The lowest BCUT2D eigenvalue weighted by Crippen LogP contribution is -2.27. The number of benzene rings is 3. The molecule has 0 atom stereocenters. The molecule has 0 unspecified atom stereocenters. The molecular weight excluding hydrogens is 581 g/mol. The van der Waals surface area contributed by atoms with Gasteiger partial charge in [0.15, 0.2) is 0 Å². The summed E-state index contributed by atoms with van der Waals surface area (Å²) in [4.78, 5) is 37.1. The van der Waals surface area contributed by atoms with Crippen LogP contribution >= 0.6 is 34.4 Å². The summed E-state index contributed by atoms with van der Waals surface area (Å²) in [6.45, 7) is 0.287. The fourth-order valence-corrected chi connectivity index (χ4v) is 4.86. The van der Waals surface area contributed by atoms with E-state index in [0.717, 1.165) is 31.4 Å². The number of hydrogen-bond acceptors (Lipinski definition) is 7. The van der Waals surface area contributed by atoms with Gasteiger partial charge in [-0.1, -0.05) is 24.3 Å². The summed E-state index contributed by atoms with van der Waals surface area (Å²) >= 11 is 2.99. The van der Waals surface area contributed by atoms with E-state index in [1.54, 1.807) is 54.6 Å².